The van der Waals surface area contributed by atoms with Gasteiger partial charge < -0.3 is 9.72 Å². The molecule has 2 heterocycles. The fourth-order valence-corrected chi connectivity index (χ4v) is 1.46. The zero-order valence-electron chi connectivity index (χ0n) is 9.40. The Bertz CT molecular complexity index is 604. The third kappa shape index (κ3) is 2.33. The third-order valence-electron chi connectivity index (χ3n) is 2.27. The molecule has 0 saturated heterocycles. The molecule has 0 radical (unpaired) electrons. The molecule has 0 saturated carbocycles. The predicted molar refractivity (Wildman–Crippen MR) is 62.9 cm³/mol. The molecule has 88 valence electrons. The van der Waals surface area contributed by atoms with Gasteiger partial charge in [-0.25, -0.2) is 9.78 Å². The minimum Gasteiger partial charge on any atom is -0.462 e. The highest BCUT2D eigenvalue weighted by atomic mass is 16.5. The van der Waals surface area contributed by atoms with Crippen molar-refractivity contribution in [2.24, 2.45) is 0 Å². The Morgan fingerprint density at radius 1 is 1.53 bits per heavy atom. The second-order valence-electron chi connectivity index (χ2n) is 3.59. The number of esters is 1. The maximum atomic E-state index is 11.6. The molecule has 0 aliphatic heterocycles. The highest BCUT2D eigenvalue weighted by Crippen LogP contribution is 2.08. The molecular weight excluding hydrogens is 220 g/mol. The molecule has 0 amide bonds. The zero-order chi connectivity index (χ0) is 12.3. The van der Waals surface area contributed by atoms with Crippen molar-refractivity contribution in [1.82, 2.24) is 9.97 Å². The van der Waals surface area contributed by atoms with E-state index in [1.807, 2.05) is 6.92 Å². The molecule has 2 aromatic heterocycles. The lowest BCUT2D eigenvalue weighted by atomic mass is 10.2. The number of aromatic nitrogens is 2. The monoisotopic (exact) mass is 232 g/mol. The molecule has 0 aliphatic rings. The zero-order valence-corrected chi connectivity index (χ0v) is 9.40. The van der Waals surface area contributed by atoms with Crippen LogP contribution in [0.3, 0.4) is 0 Å². The smallest absolute Gasteiger partial charge is 0.343 e. The molecule has 0 fully saturated rings. The Morgan fingerprint density at radius 3 is 3.12 bits per heavy atom. The molecule has 2 aromatic rings. The van der Waals surface area contributed by atoms with Crippen LogP contribution in [-0.2, 0) is 4.74 Å². The molecule has 0 unspecified atom stereocenters. The minimum absolute atomic E-state index is 0.0129. The molecule has 0 atom stereocenters. The van der Waals surface area contributed by atoms with E-state index in [-0.39, 0.29) is 5.56 Å². The average Bonchev–Trinajstić information content (AvgIpc) is 2.35. The summed E-state index contributed by atoms with van der Waals surface area (Å²) in [4.78, 5) is 29.8. The number of pyridine rings is 2. The van der Waals surface area contributed by atoms with E-state index in [1.165, 1.54) is 6.07 Å². The van der Waals surface area contributed by atoms with Crippen LogP contribution in [-0.4, -0.2) is 22.5 Å². The van der Waals surface area contributed by atoms with Crippen LogP contribution >= 0.6 is 0 Å². The fraction of sp³-hybridized carbons (Fsp3) is 0.250. The molecule has 0 aromatic carbocycles. The van der Waals surface area contributed by atoms with Gasteiger partial charge in [0.15, 0.2) is 0 Å². The van der Waals surface area contributed by atoms with E-state index in [9.17, 15) is 9.59 Å². The van der Waals surface area contributed by atoms with Crippen LogP contribution in [0.15, 0.2) is 29.2 Å². The number of hydrogen-bond donors (Lipinski definition) is 1. The van der Waals surface area contributed by atoms with E-state index in [1.54, 1.807) is 18.3 Å². The Kier molecular flexibility index (Phi) is 3.18. The molecule has 5 heteroatoms. The molecular formula is C12H12N2O3. The molecule has 0 bridgehead atoms. The van der Waals surface area contributed by atoms with Crippen molar-refractivity contribution in [2.45, 2.75) is 13.3 Å². The normalized spacial score (nSPS) is 10.4. The number of nitrogens with one attached hydrogen (secondary N) is 1. The molecule has 2 rings (SSSR count). The van der Waals surface area contributed by atoms with E-state index >= 15 is 0 Å². The standard InChI is InChI=1S/C12H12N2O3/c1-2-6-17-12(16)9-7-8-4-3-5-13-10(8)14-11(9)15/h3-5,7H,2,6H2,1H3,(H,13,14,15). The van der Waals surface area contributed by atoms with Crippen LogP contribution in [0.4, 0.5) is 0 Å². The topological polar surface area (TPSA) is 72.0 Å². The first kappa shape index (κ1) is 11.3. The number of fused-ring (bicyclic) bond motifs is 1. The highest BCUT2D eigenvalue weighted by molar-refractivity contribution is 5.92. The largest absolute Gasteiger partial charge is 0.462 e. The van der Waals surface area contributed by atoms with Gasteiger partial charge in [-0.1, -0.05) is 6.92 Å². The van der Waals surface area contributed by atoms with Crippen molar-refractivity contribution in [2.75, 3.05) is 6.61 Å². The number of rotatable bonds is 3. The maximum Gasteiger partial charge on any atom is 0.343 e. The number of carbonyl (C=O) groups excluding carboxylic acids is 1. The van der Waals surface area contributed by atoms with Crippen molar-refractivity contribution >= 4 is 17.0 Å². The minimum atomic E-state index is -0.598. The second-order valence-corrected chi connectivity index (χ2v) is 3.59. The summed E-state index contributed by atoms with van der Waals surface area (Å²) in [5.41, 5.74) is 0.000736. The van der Waals surface area contributed by atoms with Crippen molar-refractivity contribution in [3.05, 3.63) is 40.3 Å². The first-order valence-electron chi connectivity index (χ1n) is 5.37. The number of nitrogens with zero attached hydrogens (tertiary/aromatic N) is 1. The fourth-order valence-electron chi connectivity index (χ4n) is 1.46. The highest BCUT2D eigenvalue weighted by Gasteiger charge is 2.12. The number of H-pyrrole nitrogens is 1. The van der Waals surface area contributed by atoms with Crippen LogP contribution < -0.4 is 5.56 Å². The lowest BCUT2D eigenvalue weighted by Crippen LogP contribution is -2.20. The second kappa shape index (κ2) is 4.78. The van der Waals surface area contributed by atoms with Crippen LogP contribution in [0.5, 0.6) is 0 Å². The van der Waals surface area contributed by atoms with Crippen molar-refractivity contribution in [1.29, 1.82) is 0 Å². The summed E-state index contributed by atoms with van der Waals surface area (Å²) in [6.45, 7) is 2.20. The summed E-state index contributed by atoms with van der Waals surface area (Å²) in [6.07, 6.45) is 2.30. The van der Waals surface area contributed by atoms with Gasteiger partial charge in [0.1, 0.15) is 11.2 Å². The Balaban J connectivity index is 2.44. The number of hydrogen-bond acceptors (Lipinski definition) is 4. The summed E-state index contributed by atoms with van der Waals surface area (Å²) < 4.78 is 4.93. The third-order valence-corrected chi connectivity index (χ3v) is 2.27. The molecule has 17 heavy (non-hydrogen) atoms. The first-order chi connectivity index (χ1) is 8.22. The van der Waals surface area contributed by atoms with Gasteiger partial charge in [-0.15, -0.1) is 0 Å². The summed E-state index contributed by atoms with van der Waals surface area (Å²) in [5.74, 6) is -0.598. The van der Waals surface area contributed by atoms with Crippen molar-refractivity contribution in [3.63, 3.8) is 0 Å². The Morgan fingerprint density at radius 2 is 2.35 bits per heavy atom. The first-order valence-corrected chi connectivity index (χ1v) is 5.37. The summed E-state index contributed by atoms with van der Waals surface area (Å²) in [5, 5.41) is 0.704. The Labute approximate surface area is 97.4 Å². The average molecular weight is 232 g/mol. The van der Waals surface area contributed by atoms with Crippen LogP contribution in [0, 0.1) is 0 Å². The van der Waals surface area contributed by atoms with Gasteiger partial charge in [-0.05, 0) is 24.6 Å². The van der Waals surface area contributed by atoms with Crippen molar-refractivity contribution < 1.29 is 9.53 Å². The van der Waals surface area contributed by atoms with Crippen molar-refractivity contribution in [3.8, 4) is 0 Å². The molecule has 0 aliphatic carbocycles. The molecule has 5 nitrogen and oxygen atoms in total. The lowest BCUT2D eigenvalue weighted by Gasteiger charge is -2.03. The SMILES string of the molecule is CCCOC(=O)c1cc2cccnc2[nH]c1=O. The molecule has 1 N–H and O–H groups in total. The van der Waals surface area contributed by atoms with E-state index in [4.69, 9.17) is 4.74 Å². The van der Waals surface area contributed by atoms with Crippen LogP contribution in [0.1, 0.15) is 23.7 Å². The number of aromatic amines is 1. The van der Waals surface area contributed by atoms with E-state index in [0.717, 1.165) is 6.42 Å². The van der Waals surface area contributed by atoms with E-state index < -0.39 is 11.5 Å². The lowest BCUT2D eigenvalue weighted by molar-refractivity contribution is 0.0503. The van der Waals surface area contributed by atoms with Crippen LogP contribution in [0.25, 0.3) is 11.0 Å². The summed E-state index contributed by atoms with van der Waals surface area (Å²) in [7, 11) is 0. The maximum absolute atomic E-state index is 11.6. The van der Waals surface area contributed by atoms with Crippen LogP contribution in [0.2, 0.25) is 0 Å². The van der Waals surface area contributed by atoms with Gasteiger partial charge in [0, 0.05) is 11.6 Å². The summed E-state index contributed by atoms with van der Waals surface area (Å²) in [6, 6.07) is 5.01. The van der Waals surface area contributed by atoms with E-state index in [2.05, 4.69) is 9.97 Å². The van der Waals surface area contributed by atoms with Gasteiger partial charge in [0.25, 0.3) is 5.56 Å². The number of carbonyl (C=O) groups is 1. The summed E-state index contributed by atoms with van der Waals surface area (Å²) >= 11 is 0. The van der Waals surface area contributed by atoms with E-state index in [0.29, 0.717) is 17.6 Å². The van der Waals surface area contributed by atoms with Gasteiger partial charge in [0.05, 0.1) is 6.61 Å². The molecule has 0 spiro atoms. The van der Waals surface area contributed by atoms with Gasteiger partial charge in [-0.2, -0.15) is 0 Å². The predicted octanol–water partition coefficient (Wildman–Crippen LogP) is 1.49. The van der Waals surface area contributed by atoms with Gasteiger partial charge >= 0.3 is 5.97 Å². The Hall–Kier alpha value is -2.17. The number of ether oxygens (including phenoxy) is 1. The quantitative estimate of drug-likeness (QED) is 0.814. The van der Waals surface area contributed by atoms with Gasteiger partial charge in [-0.3, -0.25) is 4.79 Å². The van der Waals surface area contributed by atoms with Gasteiger partial charge in [0.2, 0.25) is 0 Å².